The van der Waals surface area contributed by atoms with Gasteiger partial charge >= 0.3 is 0 Å². The Balaban J connectivity index is 2.05. The van der Waals surface area contributed by atoms with E-state index in [-0.39, 0.29) is 11.9 Å². The fourth-order valence-electron chi connectivity index (χ4n) is 2.39. The predicted molar refractivity (Wildman–Crippen MR) is 81.4 cm³/mol. The summed E-state index contributed by atoms with van der Waals surface area (Å²) in [5.41, 5.74) is 1.74. The lowest BCUT2D eigenvalue weighted by Gasteiger charge is -2.36. The summed E-state index contributed by atoms with van der Waals surface area (Å²) in [6.45, 7) is 6.72. The monoisotopic (exact) mass is 335 g/mol. The van der Waals surface area contributed by atoms with E-state index in [0.29, 0.717) is 13.1 Å². The van der Waals surface area contributed by atoms with Crippen LogP contribution in [0.3, 0.4) is 0 Å². The minimum absolute atomic E-state index is 0.0769. The molecule has 1 unspecified atom stereocenters. The number of benzene rings is 1. The van der Waals surface area contributed by atoms with Gasteiger partial charge in [0, 0.05) is 36.2 Å². The van der Waals surface area contributed by atoms with Crippen molar-refractivity contribution < 1.29 is 4.79 Å². The maximum Gasteiger partial charge on any atom is 0.254 e. The molecule has 1 aliphatic rings. The Morgan fingerprint density at radius 1 is 1.35 bits per heavy atom. The van der Waals surface area contributed by atoms with Crippen LogP contribution in [0, 0.1) is 18.3 Å². The lowest BCUT2D eigenvalue weighted by atomic mass is 10.1. The molecule has 106 valence electrons. The molecule has 5 heteroatoms. The van der Waals surface area contributed by atoms with Crippen molar-refractivity contribution in [1.29, 1.82) is 5.26 Å². The summed E-state index contributed by atoms with van der Waals surface area (Å²) in [5.74, 6) is 0.0769. The molecule has 0 bridgehead atoms. The number of hydrogen-bond donors (Lipinski definition) is 0. The molecule has 1 aromatic rings. The summed E-state index contributed by atoms with van der Waals surface area (Å²) in [7, 11) is 0. The fourth-order valence-corrected chi connectivity index (χ4v) is 2.75. The zero-order valence-electron chi connectivity index (χ0n) is 11.8. The quantitative estimate of drug-likeness (QED) is 0.833. The molecule has 0 N–H and O–H groups in total. The highest BCUT2D eigenvalue weighted by Gasteiger charge is 2.25. The van der Waals surface area contributed by atoms with Gasteiger partial charge in [-0.15, -0.1) is 0 Å². The van der Waals surface area contributed by atoms with Gasteiger partial charge in [-0.1, -0.05) is 22.0 Å². The molecule has 1 amide bonds. The van der Waals surface area contributed by atoms with E-state index in [2.05, 4.69) is 26.9 Å². The number of amides is 1. The standard InChI is InChI=1S/C15H18BrN3O/c1-11-3-4-13(16)9-14(11)15(20)19-7-5-18(6-8-19)12(2)10-17/h3-4,9,12H,5-8H2,1-2H3. The van der Waals surface area contributed by atoms with E-state index in [1.54, 1.807) is 0 Å². The van der Waals surface area contributed by atoms with Crippen LogP contribution in [0.25, 0.3) is 0 Å². The predicted octanol–water partition coefficient (Wildman–Crippen LogP) is 2.43. The smallest absolute Gasteiger partial charge is 0.254 e. The first kappa shape index (κ1) is 15.0. The van der Waals surface area contributed by atoms with Gasteiger partial charge in [0.05, 0.1) is 12.1 Å². The van der Waals surface area contributed by atoms with Crippen LogP contribution in [0.4, 0.5) is 0 Å². The Kier molecular flexibility index (Phi) is 4.79. The summed E-state index contributed by atoms with van der Waals surface area (Å²) >= 11 is 3.41. The number of nitriles is 1. The van der Waals surface area contributed by atoms with Crippen LogP contribution in [0.2, 0.25) is 0 Å². The highest BCUT2D eigenvalue weighted by atomic mass is 79.9. The van der Waals surface area contributed by atoms with Gasteiger partial charge in [-0.2, -0.15) is 5.26 Å². The largest absolute Gasteiger partial charge is 0.336 e. The Bertz CT molecular complexity index is 545. The summed E-state index contributed by atoms with van der Waals surface area (Å²) in [4.78, 5) is 16.5. The Hall–Kier alpha value is -1.38. The second kappa shape index (κ2) is 6.38. The van der Waals surface area contributed by atoms with E-state index in [1.165, 1.54) is 0 Å². The first-order valence-electron chi connectivity index (χ1n) is 6.72. The van der Waals surface area contributed by atoms with Gasteiger partial charge in [-0.3, -0.25) is 9.69 Å². The minimum atomic E-state index is -0.0835. The van der Waals surface area contributed by atoms with Crippen LogP contribution in [0.1, 0.15) is 22.8 Å². The van der Waals surface area contributed by atoms with Gasteiger partial charge < -0.3 is 4.90 Å². The van der Waals surface area contributed by atoms with Crippen LogP contribution in [0.5, 0.6) is 0 Å². The maximum absolute atomic E-state index is 12.5. The molecule has 0 aliphatic carbocycles. The molecule has 1 aromatic carbocycles. The van der Waals surface area contributed by atoms with Crippen molar-refractivity contribution in [2.24, 2.45) is 0 Å². The van der Waals surface area contributed by atoms with Crippen LogP contribution < -0.4 is 0 Å². The third kappa shape index (κ3) is 3.20. The summed E-state index contributed by atoms with van der Waals surface area (Å²) in [6.07, 6.45) is 0. The number of carbonyl (C=O) groups excluding carboxylic acids is 1. The SMILES string of the molecule is Cc1ccc(Br)cc1C(=O)N1CCN(C(C)C#N)CC1. The Labute approximate surface area is 128 Å². The number of carbonyl (C=O) groups is 1. The van der Waals surface area contributed by atoms with Crippen molar-refractivity contribution in [3.8, 4) is 6.07 Å². The van der Waals surface area contributed by atoms with Gasteiger partial charge in [0.25, 0.3) is 5.91 Å². The summed E-state index contributed by atoms with van der Waals surface area (Å²) in [5, 5.41) is 8.93. The second-order valence-corrected chi connectivity index (χ2v) is 6.01. The van der Waals surface area contributed by atoms with E-state index < -0.39 is 0 Å². The molecule has 1 atom stereocenters. The lowest BCUT2D eigenvalue weighted by Crippen LogP contribution is -2.51. The molecular formula is C15H18BrN3O. The number of piperazine rings is 1. The third-order valence-electron chi connectivity index (χ3n) is 3.77. The molecule has 4 nitrogen and oxygen atoms in total. The first-order chi connectivity index (χ1) is 9.52. The average Bonchev–Trinajstić information content (AvgIpc) is 2.48. The second-order valence-electron chi connectivity index (χ2n) is 5.09. The minimum Gasteiger partial charge on any atom is -0.336 e. The normalized spacial score (nSPS) is 17.6. The average molecular weight is 336 g/mol. The van der Waals surface area contributed by atoms with E-state index in [0.717, 1.165) is 28.7 Å². The van der Waals surface area contributed by atoms with E-state index in [9.17, 15) is 4.79 Å². The molecule has 0 saturated carbocycles. The highest BCUT2D eigenvalue weighted by molar-refractivity contribution is 9.10. The van der Waals surface area contributed by atoms with Gasteiger partial charge in [0.2, 0.25) is 0 Å². The fraction of sp³-hybridized carbons (Fsp3) is 0.467. The Morgan fingerprint density at radius 2 is 2.00 bits per heavy atom. The van der Waals surface area contributed by atoms with Gasteiger partial charge in [-0.25, -0.2) is 0 Å². The number of nitrogens with zero attached hydrogens (tertiary/aromatic N) is 3. The van der Waals surface area contributed by atoms with Crippen molar-refractivity contribution in [3.05, 3.63) is 33.8 Å². The third-order valence-corrected chi connectivity index (χ3v) is 4.26. The van der Waals surface area contributed by atoms with Crippen molar-refractivity contribution in [2.75, 3.05) is 26.2 Å². The lowest BCUT2D eigenvalue weighted by molar-refractivity contribution is 0.0615. The van der Waals surface area contributed by atoms with E-state index in [4.69, 9.17) is 5.26 Å². The first-order valence-corrected chi connectivity index (χ1v) is 7.51. The molecular weight excluding hydrogens is 318 g/mol. The van der Waals surface area contributed by atoms with Gasteiger partial charge in [0.15, 0.2) is 0 Å². The van der Waals surface area contributed by atoms with Crippen molar-refractivity contribution in [1.82, 2.24) is 9.80 Å². The van der Waals surface area contributed by atoms with Crippen LogP contribution in [0.15, 0.2) is 22.7 Å². The molecule has 1 saturated heterocycles. The zero-order chi connectivity index (χ0) is 14.7. The number of halogens is 1. The highest BCUT2D eigenvalue weighted by Crippen LogP contribution is 2.19. The zero-order valence-corrected chi connectivity index (χ0v) is 13.4. The number of aryl methyl sites for hydroxylation is 1. The number of hydrogen-bond acceptors (Lipinski definition) is 3. The molecule has 0 radical (unpaired) electrons. The van der Waals surface area contributed by atoms with Crippen LogP contribution >= 0.6 is 15.9 Å². The van der Waals surface area contributed by atoms with Crippen LogP contribution in [-0.4, -0.2) is 47.9 Å². The molecule has 1 heterocycles. The molecule has 20 heavy (non-hydrogen) atoms. The molecule has 0 aromatic heterocycles. The van der Waals surface area contributed by atoms with E-state index in [1.807, 2.05) is 36.9 Å². The van der Waals surface area contributed by atoms with Gasteiger partial charge in [-0.05, 0) is 31.5 Å². The topological polar surface area (TPSA) is 47.3 Å². The van der Waals surface area contributed by atoms with E-state index >= 15 is 0 Å². The van der Waals surface area contributed by atoms with Crippen molar-refractivity contribution in [2.45, 2.75) is 19.9 Å². The Morgan fingerprint density at radius 3 is 2.60 bits per heavy atom. The summed E-state index contributed by atoms with van der Waals surface area (Å²) in [6, 6.07) is 7.93. The van der Waals surface area contributed by atoms with Crippen molar-refractivity contribution >= 4 is 21.8 Å². The molecule has 2 rings (SSSR count). The summed E-state index contributed by atoms with van der Waals surface area (Å²) < 4.78 is 0.920. The molecule has 1 fully saturated rings. The van der Waals surface area contributed by atoms with Gasteiger partial charge in [0.1, 0.15) is 0 Å². The van der Waals surface area contributed by atoms with Crippen molar-refractivity contribution in [3.63, 3.8) is 0 Å². The molecule has 0 spiro atoms. The van der Waals surface area contributed by atoms with Crippen LogP contribution in [-0.2, 0) is 0 Å². The number of rotatable bonds is 2. The maximum atomic E-state index is 12.5. The molecule has 1 aliphatic heterocycles.